The third kappa shape index (κ3) is 2.63. The highest BCUT2D eigenvalue weighted by atomic mass is 16.2. The van der Waals surface area contributed by atoms with E-state index in [-0.39, 0.29) is 5.91 Å². The molecule has 0 aromatic carbocycles. The summed E-state index contributed by atoms with van der Waals surface area (Å²) < 4.78 is 0. The first-order valence-electron chi connectivity index (χ1n) is 6.55. The van der Waals surface area contributed by atoms with E-state index in [2.05, 4.69) is 18.9 Å². The minimum atomic E-state index is 0.225. The molecule has 3 heteroatoms. The quantitative estimate of drug-likeness (QED) is 0.722. The number of hydrogen-bond acceptors (Lipinski definition) is 2. The number of nitrogens with zero attached hydrogens (tertiary/aromatic N) is 2. The van der Waals surface area contributed by atoms with Gasteiger partial charge in [-0.3, -0.25) is 4.79 Å². The highest BCUT2D eigenvalue weighted by molar-refractivity contribution is 6.05. The second-order valence-corrected chi connectivity index (χ2v) is 5.47. The Hall–Kier alpha value is -0.860. The van der Waals surface area contributed by atoms with E-state index in [1.165, 1.54) is 19.3 Å². The van der Waals surface area contributed by atoms with Gasteiger partial charge in [0, 0.05) is 5.71 Å². The Morgan fingerprint density at radius 2 is 2.00 bits per heavy atom. The maximum atomic E-state index is 11.9. The van der Waals surface area contributed by atoms with Crippen molar-refractivity contribution in [3.8, 4) is 0 Å². The molecule has 0 bridgehead atoms. The summed E-state index contributed by atoms with van der Waals surface area (Å²) in [5.74, 6) is 0.820. The number of amides is 1. The van der Waals surface area contributed by atoms with Crippen LogP contribution in [0.25, 0.3) is 0 Å². The molecule has 1 aliphatic carbocycles. The molecule has 1 fully saturated rings. The van der Waals surface area contributed by atoms with Crippen molar-refractivity contribution < 1.29 is 4.79 Å². The fourth-order valence-corrected chi connectivity index (χ4v) is 2.69. The summed E-state index contributed by atoms with van der Waals surface area (Å²) in [6, 6.07) is 0.394. The molecule has 0 N–H and O–H groups in total. The van der Waals surface area contributed by atoms with E-state index in [4.69, 9.17) is 0 Å². The van der Waals surface area contributed by atoms with Crippen LogP contribution in [0, 0.1) is 5.92 Å². The smallest absolute Gasteiger partial charge is 0.248 e. The second-order valence-electron chi connectivity index (χ2n) is 5.47. The molecule has 0 radical (unpaired) electrons. The van der Waals surface area contributed by atoms with Crippen LogP contribution in [-0.2, 0) is 4.79 Å². The summed E-state index contributed by atoms with van der Waals surface area (Å²) in [6.45, 7) is 4.35. The average molecular weight is 222 g/mol. The molecule has 3 nitrogen and oxygen atoms in total. The van der Waals surface area contributed by atoms with Crippen molar-refractivity contribution >= 4 is 11.6 Å². The first-order valence-corrected chi connectivity index (χ1v) is 6.55. The van der Waals surface area contributed by atoms with Gasteiger partial charge < -0.3 is 0 Å². The summed E-state index contributed by atoms with van der Waals surface area (Å²) in [5.41, 5.74) is 1.09. The Balaban J connectivity index is 1.98. The fraction of sp³-hybridized carbons (Fsp3) is 0.846. The zero-order valence-corrected chi connectivity index (χ0v) is 10.4. The van der Waals surface area contributed by atoms with Crippen LogP contribution in [0.1, 0.15) is 58.8 Å². The Bertz CT molecular complexity index is 290. The van der Waals surface area contributed by atoms with Crippen LogP contribution in [0.2, 0.25) is 0 Å². The monoisotopic (exact) mass is 222 g/mol. The van der Waals surface area contributed by atoms with E-state index >= 15 is 0 Å². The van der Waals surface area contributed by atoms with Crippen molar-refractivity contribution in [2.24, 2.45) is 11.0 Å². The highest BCUT2D eigenvalue weighted by Crippen LogP contribution is 2.26. The number of carbonyl (C=O) groups is 1. The molecule has 2 aliphatic rings. The average Bonchev–Trinajstić information content (AvgIpc) is 2.60. The molecule has 1 aliphatic heterocycles. The minimum Gasteiger partial charge on any atom is -0.273 e. The van der Waals surface area contributed by atoms with Gasteiger partial charge in [0.25, 0.3) is 0 Å². The zero-order valence-electron chi connectivity index (χ0n) is 10.4. The van der Waals surface area contributed by atoms with E-state index in [1.807, 2.05) is 0 Å². The summed E-state index contributed by atoms with van der Waals surface area (Å²) in [7, 11) is 0. The molecule has 1 saturated carbocycles. The molecule has 2 rings (SSSR count). The van der Waals surface area contributed by atoms with Gasteiger partial charge in [-0.05, 0) is 25.2 Å². The fourth-order valence-electron chi connectivity index (χ4n) is 2.69. The molecule has 0 aromatic heterocycles. The van der Waals surface area contributed by atoms with Gasteiger partial charge >= 0.3 is 0 Å². The molecule has 0 atom stereocenters. The van der Waals surface area contributed by atoms with Crippen LogP contribution < -0.4 is 0 Å². The molecular weight excluding hydrogens is 200 g/mol. The zero-order chi connectivity index (χ0) is 11.5. The van der Waals surface area contributed by atoms with Gasteiger partial charge in [-0.15, -0.1) is 0 Å². The first-order chi connectivity index (χ1) is 7.66. The van der Waals surface area contributed by atoms with E-state index in [0.29, 0.717) is 18.4 Å². The topological polar surface area (TPSA) is 32.7 Å². The van der Waals surface area contributed by atoms with E-state index in [9.17, 15) is 4.79 Å². The molecule has 1 heterocycles. The molecule has 0 unspecified atom stereocenters. The Morgan fingerprint density at radius 1 is 1.31 bits per heavy atom. The van der Waals surface area contributed by atoms with Crippen molar-refractivity contribution in [1.29, 1.82) is 0 Å². The van der Waals surface area contributed by atoms with Crippen molar-refractivity contribution in [1.82, 2.24) is 5.01 Å². The predicted octanol–water partition coefficient (Wildman–Crippen LogP) is 2.95. The lowest BCUT2D eigenvalue weighted by atomic mass is 9.95. The number of carbonyl (C=O) groups excluding carboxylic acids is 1. The van der Waals surface area contributed by atoms with Crippen molar-refractivity contribution in [2.45, 2.75) is 64.8 Å². The summed E-state index contributed by atoms with van der Waals surface area (Å²) in [5, 5.41) is 6.32. The Morgan fingerprint density at radius 3 is 2.62 bits per heavy atom. The lowest BCUT2D eigenvalue weighted by molar-refractivity contribution is -0.131. The maximum absolute atomic E-state index is 11.9. The lowest BCUT2D eigenvalue weighted by Gasteiger charge is -2.27. The number of hydrogen-bond donors (Lipinski definition) is 0. The Labute approximate surface area is 97.9 Å². The van der Waals surface area contributed by atoms with Gasteiger partial charge in [-0.2, -0.15) is 5.10 Å². The van der Waals surface area contributed by atoms with Crippen LogP contribution in [0.4, 0.5) is 0 Å². The molecule has 90 valence electrons. The normalized spacial score (nSPS) is 23.1. The van der Waals surface area contributed by atoms with E-state index in [0.717, 1.165) is 25.0 Å². The largest absolute Gasteiger partial charge is 0.273 e. The molecule has 16 heavy (non-hydrogen) atoms. The lowest BCUT2D eigenvalue weighted by Crippen LogP contribution is -2.34. The summed E-state index contributed by atoms with van der Waals surface area (Å²) in [4.78, 5) is 11.9. The van der Waals surface area contributed by atoms with Crippen LogP contribution in [0.15, 0.2) is 5.10 Å². The summed E-state index contributed by atoms with van der Waals surface area (Å²) in [6.07, 6.45) is 7.64. The SMILES string of the molecule is CC(C)CC1=NN(C2CCCCC2)C(=O)C1. The van der Waals surface area contributed by atoms with Gasteiger partial charge in [-0.25, -0.2) is 5.01 Å². The minimum absolute atomic E-state index is 0.225. The molecule has 0 spiro atoms. The molecule has 0 aromatic rings. The van der Waals surface area contributed by atoms with Gasteiger partial charge in [0.1, 0.15) is 0 Å². The van der Waals surface area contributed by atoms with E-state index < -0.39 is 0 Å². The number of rotatable bonds is 3. The third-order valence-electron chi connectivity index (χ3n) is 3.42. The van der Waals surface area contributed by atoms with E-state index in [1.54, 1.807) is 5.01 Å². The standard InChI is InChI=1S/C13H22N2O/c1-10(2)8-11-9-13(16)15(14-11)12-6-4-3-5-7-12/h10,12H,3-9H2,1-2H3. The molecular formula is C13H22N2O. The highest BCUT2D eigenvalue weighted by Gasteiger charge is 2.30. The van der Waals surface area contributed by atoms with Crippen LogP contribution in [0.5, 0.6) is 0 Å². The first kappa shape index (κ1) is 11.6. The number of hydrazone groups is 1. The van der Waals surface area contributed by atoms with Gasteiger partial charge in [0.05, 0.1) is 12.5 Å². The van der Waals surface area contributed by atoms with Crippen LogP contribution in [-0.4, -0.2) is 22.7 Å². The van der Waals surface area contributed by atoms with Crippen LogP contribution >= 0.6 is 0 Å². The van der Waals surface area contributed by atoms with Gasteiger partial charge in [0.15, 0.2) is 0 Å². The van der Waals surface area contributed by atoms with Gasteiger partial charge in [-0.1, -0.05) is 33.1 Å². The van der Waals surface area contributed by atoms with Gasteiger partial charge in [0.2, 0.25) is 5.91 Å². The van der Waals surface area contributed by atoms with Crippen molar-refractivity contribution in [3.63, 3.8) is 0 Å². The third-order valence-corrected chi connectivity index (χ3v) is 3.42. The van der Waals surface area contributed by atoms with Crippen molar-refractivity contribution in [2.75, 3.05) is 0 Å². The summed E-state index contributed by atoms with van der Waals surface area (Å²) >= 11 is 0. The Kier molecular flexibility index (Phi) is 3.62. The second kappa shape index (κ2) is 4.98. The van der Waals surface area contributed by atoms with Crippen LogP contribution in [0.3, 0.4) is 0 Å². The molecule has 1 amide bonds. The molecule has 0 saturated heterocycles. The van der Waals surface area contributed by atoms with Crippen molar-refractivity contribution in [3.05, 3.63) is 0 Å². The predicted molar refractivity (Wildman–Crippen MR) is 65.2 cm³/mol. The maximum Gasteiger partial charge on any atom is 0.248 e.